The molecule has 2 rings (SSSR count). The molecular formula is C16H20N3O2+. The second-order valence-electron chi connectivity index (χ2n) is 4.99. The number of ether oxygens (including phenoxy) is 1. The van der Waals surface area contributed by atoms with Gasteiger partial charge in [-0.25, -0.2) is 14.3 Å². The number of anilines is 2. The Hall–Kier alpha value is -2.56. The molecule has 21 heavy (non-hydrogen) atoms. The van der Waals surface area contributed by atoms with Gasteiger partial charge in [-0.1, -0.05) is 6.07 Å². The van der Waals surface area contributed by atoms with Gasteiger partial charge in [-0.05, 0) is 30.3 Å². The molecule has 0 spiro atoms. The molecule has 0 bridgehead atoms. The van der Waals surface area contributed by atoms with Crippen LogP contribution in [0.15, 0.2) is 48.7 Å². The lowest BCUT2D eigenvalue weighted by Gasteiger charge is -2.14. The van der Waals surface area contributed by atoms with Crippen molar-refractivity contribution in [3.8, 4) is 5.75 Å². The number of pyridine rings is 1. The summed E-state index contributed by atoms with van der Waals surface area (Å²) >= 11 is 0. The number of nitrogens with zero attached hydrogens (tertiary/aromatic N) is 3. The fraction of sp³-hybridized carbons (Fsp3) is 0.250. The molecule has 1 amide bonds. The van der Waals surface area contributed by atoms with Crippen LogP contribution in [0.25, 0.3) is 0 Å². The molecule has 5 nitrogen and oxygen atoms in total. The van der Waals surface area contributed by atoms with E-state index >= 15 is 0 Å². The molecule has 0 radical (unpaired) electrons. The fourth-order valence-corrected chi connectivity index (χ4v) is 1.92. The highest BCUT2D eigenvalue weighted by Gasteiger charge is 2.15. The minimum Gasteiger partial charge on any atom is -0.410 e. The summed E-state index contributed by atoms with van der Waals surface area (Å²) in [7, 11) is 7.30. The van der Waals surface area contributed by atoms with E-state index in [1.54, 1.807) is 26.2 Å². The number of hydrogen-bond acceptors (Lipinski definition) is 3. The van der Waals surface area contributed by atoms with Crippen LogP contribution in [0.1, 0.15) is 0 Å². The molecule has 1 aromatic carbocycles. The maximum atomic E-state index is 11.5. The molecule has 0 aliphatic carbocycles. The third kappa shape index (κ3) is 3.51. The Morgan fingerprint density at radius 3 is 2.29 bits per heavy atom. The number of aryl methyl sites for hydroxylation is 1. The van der Waals surface area contributed by atoms with Crippen molar-refractivity contribution in [2.45, 2.75) is 0 Å². The van der Waals surface area contributed by atoms with E-state index in [9.17, 15) is 4.79 Å². The predicted molar refractivity (Wildman–Crippen MR) is 81.8 cm³/mol. The molecule has 2 aromatic rings. The van der Waals surface area contributed by atoms with E-state index in [1.807, 2.05) is 55.2 Å². The van der Waals surface area contributed by atoms with Gasteiger partial charge in [0.1, 0.15) is 11.4 Å². The first-order valence-electron chi connectivity index (χ1n) is 6.66. The first-order valence-corrected chi connectivity index (χ1v) is 6.66. The number of aromatic nitrogens is 1. The van der Waals surface area contributed by atoms with Crippen LogP contribution >= 0.6 is 0 Å². The minimum absolute atomic E-state index is 0.384. The first-order chi connectivity index (χ1) is 9.99. The smallest absolute Gasteiger partial charge is 0.410 e. The van der Waals surface area contributed by atoms with E-state index in [0.717, 1.165) is 11.5 Å². The van der Waals surface area contributed by atoms with Gasteiger partial charge in [-0.15, -0.1) is 0 Å². The van der Waals surface area contributed by atoms with Crippen molar-refractivity contribution < 1.29 is 14.1 Å². The van der Waals surface area contributed by atoms with E-state index in [0.29, 0.717) is 5.75 Å². The number of rotatable bonds is 3. The summed E-state index contributed by atoms with van der Waals surface area (Å²) in [6.45, 7) is 0. The van der Waals surface area contributed by atoms with Crippen LogP contribution in [0.2, 0.25) is 0 Å². The largest absolute Gasteiger partial charge is 0.414 e. The van der Waals surface area contributed by atoms with Crippen LogP contribution in [-0.2, 0) is 7.05 Å². The number of carbonyl (C=O) groups is 1. The van der Waals surface area contributed by atoms with Crippen molar-refractivity contribution in [2.24, 2.45) is 7.05 Å². The van der Waals surface area contributed by atoms with E-state index in [2.05, 4.69) is 4.90 Å². The van der Waals surface area contributed by atoms with Gasteiger partial charge < -0.3 is 9.64 Å². The Morgan fingerprint density at radius 1 is 1.05 bits per heavy atom. The second kappa shape index (κ2) is 6.26. The molecule has 0 N–H and O–H groups in total. The first kappa shape index (κ1) is 14.8. The predicted octanol–water partition coefficient (Wildman–Crippen LogP) is 2.34. The molecule has 1 heterocycles. The van der Waals surface area contributed by atoms with Crippen molar-refractivity contribution >= 4 is 17.6 Å². The molecule has 5 heteroatoms. The molecule has 0 aliphatic rings. The van der Waals surface area contributed by atoms with Gasteiger partial charge in [0.2, 0.25) is 0 Å². The highest BCUT2D eigenvalue weighted by molar-refractivity contribution is 5.70. The standard InChI is InChI=1S/C16H20N3O2/c1-17(2)16(20)21-14-10-8-13(9-11-14)19(4)15-7-5-6-12-18(15)3/h5-12H,1-4H3/q+1. The summed E-state index contributed by atoms with van der Waals surface area (Å²) in [6.07, 6.45) is 1.62. The summed E-state index contributed by atoms with van der Waals surface area (Å²) in [6, 6.07) is 13.4. The zero-order valence-corrected chi connectivity index (χ0v) is 12.8. The zero-order valence-electron chi connectivity index (χ0n) is 12.8. The molecule has 0 unspecified atom stereocenters. The average molecular weight is 286 g/mol. The van der Waals surface area contributed by atoms with Crippen molar-refractivity contribution in [1.82, 2.24) is 4.90 Å². The van der Waals surface area contributed by atoms with Crippen LogP contribution in [0.3, 0.4) is 0 Å². The molecule has 0 aliphatic heterocycles. The van der Waals surface area contributed by atoms with Crippen LogP contribution < -0.4 is 14.2 Å². The van der Waals surface area contributed by atoms with Crippen molar-refractivity contribution in [1.29, 1.82) is 0 Å². The summed E-state index contributed by atoms with van der Waals surface area (Å²) in [5.41, 5.74) is 1.02. The van der Waals surface area contributed by atoms with Crippen molar-refractivity contribution in [2.75, 3.05) is 26.0 Å². The normalized spacial score (nSPS) is 10.1. The van der Waals surface area contributed by atoms with Gasteiger partial charge in [0.25, 0.3) is 5.82 Å². The molecule has 1 aromatic heterocycles. The highest BCUT2D eigenvalue weighted by atomic mass is 16.6. The van der Waals surface area contributed by atoms with Gasteiger partial charge in [-0.3, -0.25) is 0 Å². The highest BCUT2D eigenvalue weighted by Crippen LogP contribution is 2.23. The molecule has 0 fully saturated rings. The number of carbonyl (C=O) groups excluding carboxylic acids is 1. The quantitative estimate of drug-likeness (QED) is 0.813. The maximum Gasteiger partial charge on any atom is 0.414 e. The summed E-state index contributed by atoms with van der Waals surface area (Å²) < 4.78 is 7.24. The molecule has 0 saturated heterocycles. The SMILES string of the molecule is CN(C)C(=O)Oc1ccc(N(C)c2cccc[n+]2C)cc1. The second-order valence-corrected chi connectivity index (χ2v) is 4.99. The Bertz CT molecular complexity index is 624. The van der Waals surface area contributed by atoms with E-state index in [4.69, 9.17) is 4.74 Å². The van der Waals surface area contributed by atoms with Crippen LogP contribution in [0, 0.1) is 0 Å². The third-order valence-corrected chi connectivity index (χ3v) is 3.17. The Kier molecular flexibility index (Phi) is 4.42. The van der Waals surface area contributed by atoms with Crippen molar-refractivity contribution in [3.05, 3.63) is 48.7 Å². The topological polar surface area (TPSA) is 36.7 Å². The van der Waals surface area contributed by atoms with E-state index in [1.165, 1.54) is 4.90 Å². The monoisotopic (exact) mass is 286 g/mol. The molecule has 110 valence electrons. The lowest BCUT2D eigenvalue weighted by molar-refractivity contribution is -0.658. The van der Waals surface area contributed by atoms with Crippen LogP contribution in [0.4, 0.5) is 16.3 Å². The van der Waals surface area contributed by atoms with Crippen molar-refractivity contribution in [3.63, 3.8) is 0 Å². The fourth-order valence-electron chi connectivity index (χ4n) is 1.92. The van der Waals surface area contributed by atoms with E-state index in [-0.39, 0.29) is 6.09 Å². The van der Waals surface area contributed by atoms with Gasteiger partial charge in [0.15, 0.2) is 0 Å². The van der Waals surface area contributed by atoms with Gasteiger partial charge in [0, 0.05) is 20.2 Å². The van der Waals surface area contributed by atoms with Gasteiger partial charge in [-0.2, -0.15) is 0 Å². The van der Waals surface area contributed by atoms with E-state index < -0.39 is 0 Å². The minimum atomic E-state index is -0.384. The summed E-state index contributed by atoms with van der Waals surface area (Å²) in [5, 5.41) is 0. The average Bonchev–Trinajstić information content (AvgIpc) is 2.47. The van der Waals surface area contributed by atoms with Crippen LogP contribution in [-0.4, -0.2) is 32.1 Å². The molecule has 0 atom stereocenters. The Morgan fingerprint density at radius 2 is 1.71 bits per heavy atom. The van der Waals surface area contributed by atoms with Gasteiger partial charge in [0.05, 0.1) is 20.3 Å². The zero-order chi connectivity index (χ0) is 15.4. The summed E-state index contributed by atoms with van der Waals surface area (Å²) in [4.78, 5) is 14.9. The molecular weight excluding hydrogens is 266 g/mol. The lowest BCUT2D eigenvalue weighted by atomic mass is 10.2. The Labute approximate surface area is 125 Å². The Balaban J connectivity index is 2.15. The number of benzene rings is 1. The third-order valence-electron chi connectivity index (χ3n) is 3.17. The number of amides is 1. The van der Waals surface area contributed by atoms with Crippen LogP contribution in [0.5, 0.6) is 5.75 Å². The summed E-state index contributed by atoms with van der Waals surface area (Å²) in [5.74, 6) is 1.60. The number of hydrogen-bond donors (Lipinski definition) is 0. The lowest BCUT2D eigenvalue weighted by Crippen LogP contribution is -2.34. The molecule has 0 saturated carbocycles. The maximum absolute atomic E-state index is 11.5. The van der Waals surface area contributed by atoms with Gasteiger partial charge >= 0.3 is 6.09 Å².